The highest BCUT2D eigenvalue weighted by molar-refractivity contribution is 5.76. The van der Waals surface area contributed by atoms with E-state index in [1.807, 2.05) is 13.8 Å². The third kappa shape index (κ3) is 6.74. The van der Waals surface area contributed by atoms with Gasteiger partial charge in [0.05, 0.1) is 0 Å². The van der Waals surface area contributed by atoms with E-state index in [4.69, 9.17) is 0 Å². The maximum Gasteiger partial charge on any atom is 0.221 e. The molecule has 0 unspecified atom stereocenters. The molecule has 1 rings (SSSR count). The van der Waals surface area contributed by atoms with E-state index in [0.717, 1.165) is 24.9 Å². The first-order chi connectivity index (χ1) is 9.29. The van der Waals surface area contributed by atoms with Crippen molar-refractivity contribution >= 4 is 5.91 Å². The molecule has 1 fully saturated rings. The second-order valence-corrected chi connectivity index (χ2v) is 7.76. The fraction of sp³-hybridized carbons (Fsp3) is 0.941. The fourth-order valence-electron chi connectivity index (χ4n) is 3.13. The van der Waals surface area contributed by atoms with Crippen molar-refractivity contribution in [1.82, 2.24) is 10.6 Å². The molecule has 118 valence electrons. The SMILES string of the molecule is CC(C)NC(=O)CCNCC1CCC(C(C)(C)C)CC1. The second kappa shape index (κ2) is 8.02. The van der Waals surface area contributed by atoms with Gasteiger partial charge in [0.25, 0.3) is 0 Å². The molecule has 0 aromatic carbocycles. The van der Waals surface area contributed by atoms with Crippen LogP contribution in [-0.4, -0.2) is 25.0 Å². The van der Waals surface area contributed by atoms with E-state index in [-0.39, 0.29) is 11.9 Å². The molecule has 0 atom stereocenters. The number of hydrogen-bond acceptors (Lipinski definition) is 2. The molecule has 3 heteroatoms. The summed E-state index contributed by atoms with van der Waals surface area (Å²) in [6.45, 7) is 13.0. The number of hydrogen-bond donors (Lipinski definition) is 2. The third-order valence-corrected chi connectivity index (χ3v) is 4.48. The van der Waals surface area contributed by atoms with Crippen molar-refractivity contribution in [3.05, 3.63) is 0 Å². The number of carbonyl (C=O) groups excluding carboxylic acids is 1. The maximum atomic E-state index is 11.5. The minimum absolute atomic E-state index is 0.156. The van der Waals surface area contributed by atoms with Crippen LogP contribution in [-0.2, 0) is 4.79 Å². The van der Waals surface area contributed by atoms with Crippen molar-refractivity contribution in [2.45, 2.75) is 72.8 Å². The Labute approximate surface area is 125 Å². The highest BCUT2D eigenvalue weighted by Gasteiger charge is 2.29. The lowest BCUT2D eigenvalue weighted by atomic mass is 9.70. The lowest BCUT2D eigenvalue weighted by Crippen LogP contribution is -2.34. The molecule has 1 amide bonds. The van der Waals surface area contributed by atoms with Crippen LogP contribution in [0.25, 0.3) is 0 Å². The van der Waals surface area contributed by atoms with Crippen LogP contribution >= 0.6 is 0 Å². The van der Waals surface area contributed by atoms with Crippen molar-refractivity contribution < 1.29 is 4.79 Å². The minimum Gasteiger partial charge on any atom is -0.354 e. The van der Waals surface area contributed by atoms with Crippen LogP contribution in [0.2, 0.25) is 0 Å². The van der Waals surface area contributed by atoms with Crippen LogP contribution in [0.5, 0.6) is 0 Å². The van der Waals surface area contributed by atoms with E-state index in [2.05, 4.69) is 31.4 Å². The van der Waals surface area contributed by atoms with Gasteiger partial charge in [0.1, 0.15) is 0 Å². The molecule has 0 aromatic heterocycles. The standard InChI is InChI=1S/C17H34N2O/c1-13(2)19-16(20)10-11-18-12-14-6-8-15(9-7-14)17(3,4)5/h13-15,18H,6-12H2,1-5H3,(H,19,20). The van der Waals surface area contributed by atoms with Gasteiger partial charge in [0.2, 0.25) is 5.91 Å². The van der Waals surface area contributed by atoms with Crippen LogP contribution in [0.3, 0.4) is 0 Å². The van der Waals surface area contributed by atoms with Gasteiger partial charge in [0.15, 0.2) is 0 Å². The second-order valence-electron chi connectivity index (χ2n) is 7.76. The summed E-state index contributed by atoms with van der Waals surface area (Å²) < 4.78 is 0. The van der Waals surface area contributed by atoms with E-state index < -0.39 is 0 Å². The summed E-state index contributed by atoms with van der Waals surface area (Å²) in [5.41, 5.74) is 0.466. The smallest absolute Gasteiger partial charge is 0.221 e. The normalized spacial score (nSPS) is 23.9. The highest BCUT2D eigenvalue weighted by atomic mass is 16.1. The van der Waals surface area contributed by atoms with E-state index in [9.17, 15) is 4.79 Å². The zero-order valence-corrected chi connectivity index (χ0v) is 14.1. The molecule has 0 aliphatic heterocycles. The average molecular weight is 282 g/mol. The van der Waals surface area contributed by atoms with Crippen LogP contribution in [0.1, 0.15) is 66.7 Å². The lowest BCUT2D eigenvalue weighted by Gasteiger charge is -2.37. The van der Waals surface area contributed by atoms with Gasteiger partial charge in [-0.2, -0.15) is 0 Å². The number of carbonyl (C=O) groups is 1. The van der Waals surface area contributed by atoms with Gasteiger partial charge >= 0.3 is 0 Å². The van der Waals surface area contributed by atoms with Crippen molar-refractivity contribution in [2.24, 2.45) is 17.3 Å². The van der Waals surface area contributed by atoms with Gasteiger partial charge in [-0.05, 0) is 63.3 Å². The van der Waals surface area contributed by atoms with Gasteiger partial charge in [-0.25, -0.2) is 0 Å². The molecule has 0 bridgehead atoms. The van der Waals surface area contributed by atoms with Crippen LogP contribution in [0.15, 0.2) is 0 Å². The van der Waals surface area contributed by atoms with Crippen molar-refractivity contribution in [2.75, 3.05) is 13.1 Å². The Hall–Kier alpha value is -0.570. The lowest BCUT2D eigenvalue weighted by molar-refractivity contribution is -0.121. The monoisotopic (exact) mass is 282 g/mol. The first-order valence-electron chi connectivity index (χ1n) is 8.29. The van der Waals surface area contributed by atoms with Gasteiger partial charge in [-0.15, -0.1) is 0 Å². The molecule has 1 aliphatic rings. The zero-order valence-electron chi connectivity index (χ0n) is 14.1. The van der Waals surface area contributed by atoms with Crippen LogP contribution in [0.4, 0.5) is 0 Å². The topological polar surface area (TPSA) is 41.1 Å². The van der Waals surface area contributed by atoms with E-state index in [1.54, 1.807) is 0 Å². The largest absolute Gasteiger partial charge is 0.354 e. The van der Waals surface area contributed by atoms with E-state index in [1.165, 1.54) is 25.7 Å². The number of rotatable bonds is 6. The zero-order chi connectivity index (χ0) is 15.2. The summed E-state index contributed by atoms with van der Waals surface area (Å²) in [7, 11) is 0. The Kier molecular flexibility index (Phi) is 7.01. The average Bonchev–Trinajstić information content (AvgIpc) is 2.33. The molecular weight excluding hydrogens is 248 g/mol. The Morgan fingerprint density at radius 2 is 1.75 bits per heavy atom. The predicted octanol–water partition coefficient (Wildman–Crippen LogP) is 3.34. The Morgan fingerprint density at radius 3 is 2.25 bits per heavy atom. The first-order valence-corrected chi connectivity index (χ1v) is 8.29. The molecule has 1 aliphatic carbocycles. The third-order valence-electron chi connectivity index (χ3n) is 4.48. The molecule has 0 heterocycles. The van der Waals surface area contributed by atoms with Crippen molar-refractivity contribution in [1.29, 1.82) is 0 Å². The van der Waals surface area contributed by atoms with Gasteiger partial charge in [-0.3, -0.25) is 4.79 Å². The van der Waals surface area contributed by atoms with Gasteiger partial charge in [0, 0.05) is 19.0 Å². The molecule has 0 radical (unpaired) electrons. The van der Waals surface area contributed by atoms with Gasteiger partial charge < -0.3 is 10.6 Å². The first kappa shape index (κ1) is 17.5. The molecule has 20 heavy (non-hydrogen) atoms. The quantitative estimate of drug-likeness (QED) is 0.734. The number of amides is 1. The number of nitrogens with one attached hydrogen (secondary N) is 2. The van der Waals surface area contributed by atoms with Crippen molar-refractivity contribution in [3.63, 3.8) is 0 Å². The van der Waals surface area contributed by atoms with E-state index >= 15 is 0 Å². The summed E-state index contributed by atoms with van der Waals surface area (Å²) in [4.78, 5) is 11.5. The van der Waals surface area contributed by atoms with E-state index in [0.29, 0.717) is 11.8 Å². The Balaban J connectivity index is 2.09. The Morgan fingerprint density at radius 1 is 1.15 bits per heavy atom. The molecule has 0 spiro atoms. The molecule has 0 aromatic rings. The minimum atomic E-state index is 0.156. The van der Waals surface area contributed by atoms with Gasteiger partial charge in [-0.1, -0.05) is 20.8 Å². The summed E-state index contributed by atoms with van der Waals surface area (Å²) in [6.07, 6.45) is 6.00. The van der Waals surface area contributed by atoms with Crippen LogP contribution in [0, 0.1) is 17.3 Å². The summed E-state index contributed by atoms with van der Waals surface area (Å²) in [5.74, 6) is 1.85. The molecule has 2 N–H and O–H groups in total. The molecular formula is C17H34N2O. The predicted molar refractivity (Wildman–Crippen MR) is 85.7 cm³/mol. The summed E-state index contributed by atoms with van der Waals surface area (Å²) >= 11 is 0. The molecule has 1 saturated carbocycles. The van der Waals surface area contributed by atoms with Crippen LogP contribution < -0.4 is 10.6 Å². The molecule has 0 saturated heterocycles. The Bertz CT molecular complexity index is 286. The fourth-order valence-corrected chi connectivity index (χ4v) is 3.13. The molecule has 3 nitrogen and oxygen atoms in total. The van der Waals surface area contributed by atoms with Crippen molar-refractivity contribution in [3.8, 4) is 0 Å². The summed E-state index contributed by atoms with van der Waals surface area (Å²) in [6, 6.07) is 0.246. The summed E-state index contributed by atoms with van der Waals surface area (Å²) in [5, 5.41) is 6.38. The highest BCUT2D eigenvalue weighted by Crippen LogP contribution is 2.39. The maximum absolute atomic E-state index is 11.5.